The van der Waals surface area contributed by atoms with Crippen LogP contribution in [0, 0.1) is 0 Å². The highest BCUT2D eigenvalue weighted by atomic mass is 32.1. The van der Waals surface area contributed by atoms with E-state index in [4.69, 9.17) is 0 Å². The second-order valence-corrected chi connectivity index (χ2v) is 6.67. The second kappa shape index (κ2) is 6.51. The molecule has 0 bridgehead atoms. The van der Waals surface area contributed by atoms with Crippen molar-refractivity contribution in [3.8, 4) is 0 Å². The van der Waals surface area contributed by atoms with Gasteiger partial charge in [0.05, 0.1) is 5.01 Å². The maximum Gasteiger partial charge on any atom is 0.0971 e. The molecule has 0 aliphatic carbocycles. The van der Waals surface area contributed by atoms with Crippen LogP contribution < -0.4 is 5.32 Å². The standard InChI is InChI=1S/C17H22N2S/c1-2-13-3-5-14(6-4-13)11-17-19-12-16(20-17)15-7-9-18-10-8-15/h3-6,12,15,18H,2,7-11H2,1H3. The molecule has 20 heavy (non-hydrogen) atoms. The molecule has 2 heterocycles. The second-order valence-electron chi connectivity index (χ2n) is 5.53. The summed E-state index contributed by atoms with van der Waals surface area (Å²) in [6.45, 7) is 4.49. The van der Waals surface area contributed by atoms with E-state index in [1.165, 1.54) is 33.9 Å². The van der Waals surface area contributed by atoms with Crippen molar-refractivity contribution >= 4 is 11.3 Å². The minimum atomic E-state index is 0.727. The van der Waals surface area contributed by atoms with Gasteiger partial charge in [0.25, 0.3) is 0 Å². The van der Waals surface area contributed by atoms with Crippen LogP contribution in [0.3, 0.4) is 0 Å². The largest absolute Gasteiger partial charge is 0.317 e. The molecule has 1 aromatic heterocycles. The van der Waals surface area contributed by atoms with Gasteiger partial charge < -0.3 is 5.32 Å². The Morgan fingerprint density at radius 2 is 1.85 bits per heavy atom. The molecular weight excluding hydrogens is 264 g/mol. The van der Waals surface area contributed by atoms with E-state index in [1.807, 2.05) is 11.3 Å². The van der Waals surface area contributed by atoms with Crippen LogP contribution in [-0.4, -0.2) is 18.1 Å². The van der Waals surface area contributed by atoms with Crippen molar-refractivity contribution in [2.24, 2.45) is 0 Å². The van der Waals surface area contributed by atoms with Crippen LogP contribution >= 0.6 is 11.3 Å². The first-order valence-corrected chi connectivity index (χ1v) is 8.40. The highest BCUT2D eigenvalue weighted by molar-refractivity contribution is 7.11. The Morgan fingerprint density at radius 1 is 1.15 bits per heavy atom. The first-order valence-electron chi connectivity index (χ1n) is 7.58. The highest BCUT2D eigenvalue weighted by Gasteiger charge is 2.17. The zero-order chi connectivity index (χ0) is 13.8. The molecule has 2 aromatic rings. The molecule has 1 N–H and O–H groups in total. The van der Waals surface area contributed by atoms with E-state index < -0.39 is 0 Å². The quantitative estimate of drug-likeness (QED) is 0.925. The zero-order valence-electron chi connectivity index (χ0n) is 12.1. The normalized spacial score (nSPS) is 16.4. The van der Waals surface area contributed by atoms with E-state index in [1.54, 1.807) is 0 Å². The summed E-state index contributed by atoms with van der Waals surface area (Å²) < 4.78 is 0. The maximum atomic E-state index is 4.63. The van der Waals surface area contributed by atoms with Crippen LogP contribution in [0.2, 0.25) is 0 Å². The van der Waals surface area contributed by atoms with Gasteiger partial charge in [-0.25, -0.2) is 4.98 Å². The molecule has 2 nitrogen and oxygen atoms in total. The number of benzene rings is 1. The Bertz CT molecular complexity index is 538. The Balaban J connectivity index is 1.66. The molecule has 0 atom stereocenters. The molecule has 0 spiro atoms. The smallest absolute Gasteiger partial charge is 0.0971 e. The highest BCUT2D eigenvalue weighted by Crippen LogP contribution is 2.30. The van der Waals surface area contributed by atoms with Gasteiger partial charge in [-0.15, -0.1) is 11.3 Å². The zero-order valence-corrected chi connectivity index (χ0v) is 12.9. The lowest BCUT2D eigenvalue weighted by molar-refractivity contribution is 0.465. The number of hydrogen-bond acceptors (Lipinski definition) is 3. The summed E-state index contributed by atoms with van der Waals surface area (Å²) >= 11 is 1.91. The number of hydrogen-bond donors (Lipinski definition) is 1. The summed E-state index contributed by atoms with van der Waals surface area (Å²) in [5.41, 5.74) is 2.77. The summed E-state index contributed by atoms with van der Waals surface area (Å²) in [4.78, 5) is 6.11. The van der Waals surface area contributed by atoms with E-state index in [0.717, 1.165) is 31.8 Å². The molecule has 1 aliphatic rings. The predicted octanol–water partition coefficient (Wildman–Crippen LogP) is 3.76. The Hall–Kier alpha value is -1.19. The summed E-state index contributed by atoms with van der Waals surface area (Å²) in [6.07, 6.45) is 6.70. The van der Waals surface area contributed by atoms with Crippen LogP contribution in [0.5, 0.6) is 0 Å². The monoisotopic (exact) mass is 286 g/mol. The summed E-state index contributed by atoms with van der Waals surface area (Å²) in [6, 6.07) is 8.95. The topological polar surface area (TPSA) is 24.9 Å². The summed E-state index contributed by atoms with van der Waals surface area (Å²) in [7, 11) is 0. The molecule has 0 saturated carbocycles. The van der Waals surface area contributed by atoms with Gasteiger partial charge >= 0.3 is 0 Å². The predicted molar refractivity (Wildman–Crippen MR) is 85.6 cm³/mol. The third-order valence-corrected chi connectivity index (χ3v) is 5.26. The van der Waals surface area contributed by atoms with E-state index in [2.05, 4.69) is 47.7 Å². The Kier molecular flexibility index (Phi) is 4.48. The fourth-order valence-corrected chi connectivity index (χ4v) is 3.89. The molecule has 1 saturated heterocycles. The third-order valence-electron chi connectivity index (χ3n) is 4.10. The molecule has 0 radical (unpaired) electrons. The molecule has 0 unspecified atom stereocenters. The van der Waals surface area contributed by atoms with Crippen molar-refractivity contribution in [2.45, 2.75) is 38.5 Å². The van der Waals surface area contributed by atoms with E-state index >= 15 is 0 Å². The van der Waals surface area contributed by atoms with Gasteiger partial charge in [0.15, 0.2) is 0 Å². The minimum Gasteiger partial charge on any atom is -0.317 e. The molecule has 0 amide bonds. The Labute approximate surface area is 125 Å². The van der Waals surface area contributed by atoms with Gasteiger partial charge in [0.2, 0.25) is 0 Å². The van der Waals surface area contributed by atoms with Crippen molar-refractivity contribution in [3.05, 3.63) is 51.5 Å². The molecule has 1 aliphatic heterocycles. The average molecular weight is 286 g/mol. The minimum absolute atomic E-state index is 0.727. The number of nitrogens with zero attached hydrogens (tertiary/aromatic N) is 1. The number of aryl methyl sites for hydroxylation is 1. The lowest BCUT2D eigenvalue weighted by Crippen LogP contribution is -2.26. The SMILES string of the molecule is CCc1ccc(Cc2ncc(C3CCNCC3)s2)cc1. The third kappa shape index (κ3) is 3.28. The van der Waals surface area contributed by atoms with Crippen molar-refractivity contribution in [1.29, 1.82) is 0 Å². The lowest BCUT2D eigenvalue weighted by Gasteiger charge is -2.20. The molecule has 3 rings (SSSR count). The van der Waals surface area contributed by atoms with Crippen molar-refractivity contribution in [2.75, 3.05) is 13.1 Å². The fourth-order valence-electron chi connectivity index (χ4n) is 2.77. The lowest BCUT2D eigenvalue weighted by atomic mass is 9.97. The van der Waals surface area contributed by atoms with E-state index in [-0.39, 0.29) is 0 Å². The average Bonchev–Trinajstić information content (AvgIpc) is 2.97. The van der Waals surface area contributed by atoms with Gasteiger partial charge in [-0.1, -0.05) is 31.2 Å². The number of thiazole rings is 1. The van der Waals surface area contributed by atoms with E-state index in [9.17, 15) is 0 Å². The number of piperidine rings is 1. The van der Waals surface area contributed by atoms with Gasteiger partial charge in [-0.3, -0.25) is 0 Å². The summed E-state index contributed by atoms with van der Waals surface area (Å²) in [5, 5.41) is 4.68. The number of aromatic nitrogens is 1. The maximum absolute atomic E-state index is 4.63. The molecule has 106 valence electrons. The van der Waals surface area contributed by atoms with Crippen molar-refractivity contribution < 1.29 is 0 Å². The van der Waals surface area contributed by atoms with Gasteiger partial charge in [0.1, 0.15) is 0 Å². The van der Waals surface area contributed by atoms with Gasteiger partial charge in [-0.2, -0.15) is 0 Å². The van der Waals surface area contributed by atoms with Gasteiger partial charge in [-0.05, 0) is 49.4 Å². The van der Waals surface area contributed by atoms with Crippen LogP contribution in [0.1, 0.15) is 46.7 Å². The van der Waals surface area contributed by atoms with Crippen LogP contribution in [-0.2, 0) is 12.8 Å². The van der Waals surface area contributed by atoms with Crippen LogP contribution in [0.4, 0.5) is 0 Å². The molecular formula is C17H22N2S. The summed E-state index contributed by atoms with van der Waals surface area (Å²) in [5.74, 6) is 0.727. The Morgan fingerprint density at radius 3 is 2.55 bits per heavy atom. The van der Waals surface area contributed by atoms with Crippen molar-refractivity contribution in [3.63, 3.8) is 0 Å². The van der Waals surface area contributed by atoms with Gasteiger partial charge in [0, 0.05) is 17.5 Å². The van der Waals surface area contributed by atoms with E-state index in [0.29, 0.717) is 0 Å². The van der Waals surface area contributed by atoms with Crippen LogP contribution in [0.25, 0.3) is 0 Å². The molecule has 1 aromatic carbocycles. The number of nitrogens with one attached hydrogen (secondary N) is 1. The van der Waals surface area contributed by atoms with Crippen LogP contribution in [0.15, 0.2) is 30.5 Å². The number of rotatable bonds is 4. The fraction of sp³-hybridized carbons (Fsp3) is 0.471. The molecule has 1 fully saturated rings. The first kappa shape index (κ1) is 13.8. The first-order chi connectivity index (χ1) is 9.85. The molecule has 3 heteroatoms. The van der Waals surface area contributed by atoms with Crippen molar-refractivity contribution in [1.82, 2.24) is 10.3 Å².